The van der Waals surface area contributed by atoms with Crippen molar-refractivity contribution in [3.05, 3.63) is 93.4 Å². The van der Waals surface area contributed by atoms with Crippen LogP contribution >= 0.6 is 15.9 Å². The molecule has 0 spiro atoms. The second-order valence-corrected chi connectivity index (χ2v) is 5.81. The van der Waals surface area contributed by atoms with Gasteiger partial charge in [-0.05, 0) is 36.4 Å². The monoisotopic (exact) mass is 368 g/mol. The molecule has 0 aliphatic heterocycles. The summed E-state index contributed by atoms with van der Waals surface area (Å²) in [4.78, 5) is 13.0. The minimum atomic E-state index is -0.362. The first-order valence-corrected chi connectivity index (χ1v) is 7.80. The molecular weight excluding hydrogens is 356 g/mol. The molecule has 4 nitrogen and oxygen atoms in total. The quantitative estimate of drug-likeness (QED) is 0.430. The van der Waals surface area contributed by atoms with Gasteiger partial charge in [0.25, 0.3) is 5.69 Å². The summed E-state index contributed by atoms with van der Waals surface area (Å²) in [5.74, 6) is 0. The van der Waals surface area contributed by atoms with E-state index in [1.54, 1.807) is 12.1 Å². The molecule has 0 saturated carbocycles. The summed E-state index contributed by atoms with van der Waals surface area (Å²) in [7, 11) is 0. The number of halogens is 1. The van der Waals surface area contributed by atoms with E-state index in [9.17, 15) is 10.1 Å². The van der Waals surface area contributed by atoms with E-state index < -0.39 is 0 Å². The smallest absolute Gasteiger partial charge is 0.294 e. The van der Waals surface area contributed by atoms with Gasteiger partial charge in [-0.15, -0.1) is 0 Å². The maximum Gasteiger partial charge on any atom is 0.294 e. The van der Waals surface area contributed by atoms with Gasteiger partial charge in [0.05, 0.1) is 4.92 Å². The number of hydrogen-bond donors (Lipinski definition) is 0. The Kier molecular flexibility index (Phi) is 4.39. The Morgan fingerprint density at radius 3 is 1.83 bits per heavy atom. The summed E-state index contributed by atoms with van der Waals surface area (Å²) >= 11 is 3.30. The molecule has 5 heteroatoms. The zero-order chi connectivity index (χ0) is 16.2. The Bertz CT molecular complexity index is 783. The minimum absolute atomic E-state index is 0.0482. The number of benzene rings is 3. The van der Waals surface area contributed by atoms with Crippen LogP contribution in [0.15, 0.2) is 83.3 Å². The van der Waals surface area contributed by atoms with Crippen LogP contribution in [0.2, 0.25) is 0 Å². The SMILES string of the molecule is O=[N+]([O-])c1cc(Br)ccc1N(c1ccccc1)c1ccccc1. The van der Waals surface area contributed by atoms with Gasteiger partial charge in [0.1, 0.15) is 5.69 Å². The summed E-state index contributed by atoms with van der Waals surface area (Å²) in [5.41, 5.74) is 2.30. The van der Waals surface area contributed by atoms with Crippen LogP contribution < -0.4 is 4.90 Å². The van der Waals surface area contributed by atoms with Crippen molar-refractivity contribution in [1.29, 1.82) is 0 Å². The third kappa shape index (κ3) is 3.24. The molecule has 0 N–H and O–H groups in total. The molecule has 0 aromatic heterocycles. The Labute approximate surface area is 142 Å². The van der Waals surface area contributed by atoms with E-state index in [0.29, 0.717) is 10.2 Å². The van der Waals surface area contributed by atoms with Crippen molar-refractivity contribution in [1.82, 2.24) is 0 Å². The van der Waals surface area contributed by atoms with Crippen LogP contribution in [0.25, 0.3) is 0 Å². The largest absolute Gasteiger partial charge is 0.304 e. The van der Waals surface area contributed by atoms with Crippen molar-refractivity contribution in [2.75, 3.05) is 4.90 Å². The third-order valence-electron chi connectivity index (χ3n) is 3.40. The van der Waals surface area contributed by atoms with E-state index in [-0.39, 0.29) is 10.6 Å². The molecule has 0 amide bonds. The van der Waals surface area contributed by atoms with Crippen LogP contribution in [-0.2, 0) is 0 Å². The molecule has 0 fully saturated rings. The van der Waals surface area contributed by atoms with E-state index in [2.05, 4.69) is 15.9 Å². The van der Waals surface area contributed by atoms with Crippen molar-refractivity contribution in [2.45, 2.75) is 0 Å². The van der Waals surface area contributed by atoms with E-state index in [1.807, 2.05) is 65.6 Å². The summed E-state index contributed by atoms with van der Waals surface area (Å²) in [5, 5.41) is 11.5. The van der Waals surface area contributed by atoms with Crippen molar-refractivity contribution < 1.29 is 4.92 Å². The van der Waals surface area contributed by atoms with Crippen LogP contribution in [-0.4, -0.2) is 4.92 Å². The molecule has 0 heterocycles. The highest BCUT2D eigenvalue weighted by molar-refractivity contribution is 9.10. The number of nitro benzene ring substituents is 1. The lowest BCUT2D eigenvalue weighted by Crippen LogP contribution is -2.11. The van der Waals surface area contributed by atoms with Crippen molar-refractivity contribution >= 4 is 38.7 Å². The molecule has 0 atom stereocenters. The predicted octanol–water partition coefficient (Wildman–Crippen LogP) is 5.83. The summed E-state index contributed by atoms with van der Waals surface area (Å²) < 4.78 is 0.675. The maximum absolute atomic E-state index is 11.5. The predicted molar refractivity (Wildman–Crippen MR) is 95.5 cm³/mol. The van der Waals surface area contributed by atoms with Gasteiger partial charge in [-0.1, -0.05) is 52.3 Å². The van der Waals surface area contributed by atoms with Gasteiger partial charge in [0, 0.05) is 21.9 Å². The van der Waals surface area contributed by atoms with Crippen LogP contribution in [0.5, 0.6) is 0 Å². The Hall–Kier alpha value is -2.66. The fourth-order valence-electron chi connectivity index (χ4n) is 2.41. The number of hydrogen-bond acceptors (Lipinski definition) is 3. The lowest BCUT2D eigenvalue weighted by molar-refractivity contribution is -0.384. The Morgan fingerprint density at radius 2 is 1.35 bits per heavy atom. The normalized spacial score (nSPS) is 10.3. The maximum atomic E-state index is 11.5. The molecule has 23 heavy (non-hydrogen) atoms. The molecule has 3 rings (SSSR count). The molecule has 3 aromatic rings. The second kappa shape index (κ2) is 6.62. The Balaban J connectivity index is 2.23. The highest BCUT2D eigenvalue weighted by atomic mass is 79.9. The summed E-state index contributed by atoms with van der Waals surface area (Å²) in [6.07, 6.45) is 0. The molecule has 0 bridgehead atoms. The highest BCUT2D eigenvalue weighted by Crippen LogP contribution is 2.40. The van der Waals surface area contributed by atoms with Crippen LogP contribution in [0.1, 0.15) is 0 Å². The van der Waals surface area contributed by atoms with E-state index in [0.717, 1.165) is 11.4 Å². The zero-order valence-corrected chi connectivity index (χ0v) is 13.7. The van der Waals surface area contributed by atoms with Crippen LogP contribution in [0.3, 0.4) is 0 Å². The molecular formula is C18H13BrN2O2. The standard InChI is InChI=1S/C18H13BrN2O2/c19-14-11-12-17(18(13-14)21(22)23)20(15-7-3-1-4-8-15)16-9-5-2-6-10-16/h1-13H. The average molecular weight is 369 g/mol. The van der Waals surface area contributed by atoms with Gasteiger partial charge in [0.15, 0.2) is 0 Å². The molecule has 114 valence electrons. The number of nitro groups is 1. The number of nitrogens with zero attached hydrogens (tertiary/aromatic N) is 2. The van der Waals surface area contributed by atoms with E-state index in [4.69, 9.17) is 0 Å². The Morgan fingerprint density at radius 1 is 0.826 bits per heavy atom. The van der Waals surface area contributed by atoms with E-state index >= 15 is 0 Å². The molecule has 0 saturated heterocycles. The fraction of sp³-hybridized carbons (Fsp3) is 0. The zero-order valence-electron chi connectivity index (χ0n) is 12.1. The molecule has 0 aliphatic rings. The van der Waals surface area contributed by atoms with E-state index in [1.165, 1.54) is 6.07 Å². The van der Waals surface area contributed by atoms with Crippen LogP contribution in [0.4, 0.5) is 22.7 Å². The number of rotatable bonds is 4. The highest BCUT2D eigenvalue weighted by Gasteiger charge is 2.22. The lowest BCUT2D eigenvalue weighted by Gasteiger charge is -2.25. The lowest BCUT2D eigenvalue weighted by atomic mass is 10.1. The minimum Gasteiger partial charge on any atom is -0.304 e. The summed E-state index contributed by atoms with van der Waals surface area (Å²) in [6.45, 7) is 0. The first kappa shape index (κ1) is 15.2. The topological polar surface area (TPSA) is 46.4 Å². The van der Waals surface area contributed by atoms with Gasteiger partial charge >= 0.3 is 0 Å². The third-order valence-corrected chi connectivity index (χ3v) is 3.90. The van der Waals surface area contributed by atoms with Crippen molar-refractivity contribution in [3.63, 3.8) is 0 Å². The molecule has 0 radical (unpaired) electrons. The number of anilines is 3. The van der Waals surface area contributed by atoms with Crippen LogP contribution in [0, 0.1) is 10.1 Å². The van der Waals surface area contributed by atoms with Gasteiger partial charge in [0.2, 0.25) is 0 Å². The van der Waals surface area contributed by atoms with Gasteiger partial charge in [-0.2, -0.15) is 0 Å². The van der Waals surface area contributed by atoms with Gasteiger partial charge in [-0.25, -0.2) is 0 Å². The second-order valence-electron chi connectivity index (χ2n) is 4.90. The van der Waals surface area contributed by atoms with Crippen molar-refractivity contribution in [2.24, 2.45) is 0 Å². The summed E-state index contributed by atoms with van der Waals surface area (Å²) in [6, 6.07) is 24.3. The molecule has 0 unspecified atom stereocenters. The number of para-hydroxylation sites is 2. The van der Waals surface area contributed by atoms with Gasteiger partial charge in [-0.3, -0.25) is 10.1 Å². The van der Waals surface area contributed by atoms with Crippen molar-refractivity contribution in [3.8, 4) is 0 Å². The molecule has 3 aromatic carbocycles. The first-order valence-electron chi connectivity index (χ1n) is 7.01. The molecule has 0 aliphatic carbocycles. The average Bonchev–Trinajstić information content (AvgIpc) is 2.58. The first-order chi connectivity index (χ1) is 11.2. The van der Waals surface area contributed by atoms with Gasteiger partial charge < -0.3 is 4.90 Å². The fourth-order valence-corrected chi connectivity index (χ4v) is 2.76.